The zero-order valence-corrected chi connectivity index (χ0v) is 13.9. The van der Waals surface area contributed by atoms with Crippen LogP contribution in [-0.4, -0.2) is 37.5 Å². The number of likely N-dealkylation sites (tertiary alicyclic amines) is 1. The molecular formula is C15H20Cl2F2N2O. The van der Waals surface area contributed by atoms with E-state index < -0.39 is 11.6 Å². The van der Waals surface area contributed by atoms with Gasteiger partial charge in [-0.05, 0) is 50.9 Å². The summed E-state index contributed by atoms with van der Waals surface area (Å²) in [6, 6.07) is 1.73. The Bertz CT molecular complexity index is 521. The van der Waals surface area contributed by atoms with Gasteiger partial charge in [-0.25, -0.2) is 8.78 Å². The average molecular weight is 353 g/mol. The molecule has 0 spiro atoms. The average Bonchev–Trinajstić information content (AvgIpc) is 2.48. The molecule has 22 heavy (non-hydrogen) atoms. The number of benzene rings is 1. The van der Waals surface area contributed by atoms with Crippen LogP contribution in [0.15, 0.2) is 12.1 Å². The van der Waals surface area contributed by atoms with E-state index in [-0.39, 0.29) is 28.9 Å². The van der Waals surface area contributed by atoms with Crippen molar-refractivity contribution >= 4 is 29.9 Å². The van der Waals surface area contributed by atoms with Crippen LogP contribution in [0, 0.1) is 17.6 Å². The SMILES string of the molecule is CNCCC1CCN(C(=O)c2cc(F)c(F)cc2Cl)CC1.Cl. The van der Waals surface area contributed by atoms with Crippen LogP contribution in [0.2, 0.25) is 5.02 Å². The topological polar surface area (TPSA) is 32.3 Å². The van der Waals surface area contributed by atoms with Crippen molar-refractivity contribution in [2.75, 3.05) is 26.7 Å². The highest BCUT2D eigenvalue weighted by atomic mass is 35.5. The minimum atomic E-state index is -1.05. The van der Waals surface area contributed by atoms with Crippen molar-refractivity contribution in [3.63, 3.8) is 0 Å². The minimum Gasteiger partial charge on any atom is -0.339 e. The molecule has 2 rings (SSSR count). The van der Waals surface area contributed by atoms with Crippen molar-refractivity contribution in [3.8, 4) is 0 Å². The normalized spacial score (nSPS) is 15.5. The molecule has 1 aromatic rings. The lowest BCUT2D eigenvalue weighted by atomic mass is 9.93. The van der Waals surface area contributed by atoms with Gasteiger partial charge in [0.15, 0.2) is 11.6 Å². The van der Waals surface area contributed by atoms with E-state index in [4.69, 9.17) is 11.6 Å². The summed E-state index contributed by atoms with van der Waals surface area (Å²) in [6.07, 6.45) is 2.94. The zero-order valence-electron chi connectivity index (χ0n) is 12.4. The molecule has 0 radical (unpaired) electrons. The van der Waals surface area contributed by atoms with E-state index >= 15 is 0 Å². The van der Waals surface area contributed by atoms with Crippen LogP contribution in [0.25, 0.3) is 0 Å². The molecule has 1 aromatic carbocycles. The molecule has 0 aliphatic carbocycles. The minimum absolute atomic E-state index is 0. The number of nitrogens with one attached hydrogen (secondary N) is 1. The standard InChI is InChI=1S/C15H19ClF2N2O.ClH/c1-19-5-2-10-3-6-20(7-4-10)15(21)11-8-13(17)14(18)9-12(11)16;/h8-10,19H,2-7H2,1H3;1H. The molecule has 0 atom stereocenters. The molecule has 1 amide bonds. The smallest absolute Gasteiger partial charge is 0.255 e. The maximum absolute atomic E-state index is 13.3. The van der Waals surface area contributed by atoms with Crippen LogP contribution in [0.4, 0.5) is 8.78 Å². The van der Waals surface area contributed by atoms with Crippen LogP contribution < -0.4 is 5.32 Å². The molecule has 1 N–H and O–H groups in total. The first-order valence-electron chi connectivity index (χ1n) is 7.11. The first-order chi connectivity index (χ1) is 10.0. The number of rotatable bonds is 4. The molecule has 0 unspecified atom stereocenters. The number of carbonyl (C=O) groups excluding carboxylic acids is 1. The molecule has 0 aromatic heterocycles. The van der Waals surface area contributed by atoms with E-state index in [0.29, 0.717) is 19.0 Å². The predicted molar refractivity (Wildman–Crippen MR) is 85.8 cm³/mol. The van der Waals surface area contributed by atoms with Gasteiger partial charge >= 0.3 is 0 Å². The van der Waals surface area contributed by atoms with Crippen LogP contribution >= 0.6 is 24.0 Å². The van der Waals surface area contributed by atoms with Crippen molar-refractivity contribution in [1.29, 1.82) is 0 Å². The Morgan fingerprint density at radius 2 is 1.91 bits per heavy atom. The van der Waals surface area contributed by atoms with Gasteiger partial charge in [0, 0.05) is 13.1 Å². The predicted octanol–water partition coefficient (Wildman–Crippen LogP) is 3.50. The van der Waals surface area contributed by atoms with Gasteiger partial charge in [0.25, 0.3) is 5.91 Å². The number of hydrogen-bond acceptors (Lipinski definition) is 2. The molecule has 7 heteroatoms. The van der Waals surface area contributed by atoms with Crippen LogP contribution in [0.5, 0.6) is 0 Å². The summed E-state index contributed by atoms with van der Waals surface area (Å²) in [5.74, 6) is -1.82. The van der Waals surface area contributed by atoms with E-state index in [1.165, 1.54) is 0 Å². The monoisotopic (exact) mass is 352 g/mol. The van der Waals surface area contributed by atoms with Gasteiger partial charge < -0.3 is 10.2 Å². The summed E-state index contributed by atoms with van der Waals surface area (Å²) >= 11 is 5.85. The third-order valence-corrected chi connectivity index (χ3v) is 4.26. The zero-order chi connectivity index (χ0) is 15.4. The summed E-state index contributed by atoms with van der Waals surface area (Å²) in [6.45, 7) is 2.22. The van der Waals surface area contributed by atoms with Gasteiger partial charge in [-0.2, -0.15) is 0 Å². The Morgan fingerprint density at radius 3 is 2.50 bits per heavy atom. The number of piperidine rings is 1. The second-order valence-corrected chi connectivity index (χ2v) is 5.78. The molecular weight excluding hydrogens is 333 g/mol. The van der Waals surface area contributed by atoms with Crippen molar-refractivity contribution < 1.29 is 13.6 Å². The molecule has 0 saturated carbocycles. The van der Waals surface area contributed by atoms with E-state index in [1.54, 1.807) is 4.90 Å². The van der Waals surface area contributed by atoms with Crippen molar-refractivity contribution in [3.05, 3.63) is 34.4 Å². The number of carbonyl (C=O) groups is 1. The van der Waals surface area contributed by atoms with E-state index in [0.717, 1.165) is 37.9 Å². The van der Waals surface area contributed by atoms with E-state index in [1.807, 2.05) is 7.05 Å². The Kier molecular flexibility index (Phi) is 7.53. The summed E-state index contributed by atoms with van der Waals surface area (Å²) in [5, 5.41) is 3.07. The van der Waals surface area contributed by atoms with Crippen LogP contribution in [0.3, 0.4) is 0 Å². The molecule has 1 fully saturated rings. The van der Waals surface area contributed by atoms with Crippen molar-refractivity contribution in [2.45, 2.75) is 19.3 Å². The Balaban J connectivity index is 0.00000242. The lowest BCUT2D eigenvalue weighted by Crippen LogP contribution is -2.39. The van der Waals surface area contributed by atoms with E-state index in [2.05, 4.69) is 5.32 Å². The Morgan fingerprint density at radius 1 is 1.32 bits per heavy atom. The second-order valence-electron chi connectivity index (χ2n) is 5.37. The van der Waals surface area contributed by atoms with Gasteiger partial charge in [0.05, 0.1) is 10.6 Å². The van der Waals surface area contributed by atoms with Gasteiger partial charge in [-0.15, -0.1) is 12.4 Å². The fraction of sp³-hybridized carbons (Fsp3) is 0.533. The number of nitrogens with zero attached hydrogens (tertiary/aromatic N) is 1. The number of halogens is 4. The molecule has 1 aliphatic rings. The number of hydrogen-bond donors (Lipinski definition) is 1. The summed E-state index contributed by atoms with van der Waals surface area (Å²) in [4.78, 5) is 14.0. The van der Waals surface area contributed by atoms with Crippen LogP contribution in [-0.2, 0) is 0 Å². The van der Waals surface area contributed by atoms with Crippen molar-refractivity contribution in [2.24, 2.45) is 5.92 Å². The highest BCUT2D eigenvalue weighted by molar-refractivity contribution is 6.33. The Hall–Kier alpha value is -0.910. The third-order valence-electron chi connectivity index (χ3n) is 3.94. The highest BCUT2D eigenvalue weighted by Crippen LogP contribution is 2.25. The largest absolute Gasteiger partial charge is 0.339 e. The summed E-state index contributed by atoms with van der Waals surface area (Å²) in [5.41, 5.74) is 0.0317. The van der Waals surface area contributed by atoms with Crippen LogP contribution in [0.1, 0.15) is 29.6 Å². The number of amides is 1. The quantitative estimate of drug-likeness (QED) is 0.841. The fourth-order valence-corrected chi connectivity index (χ4v) is 2.86. The maximum atomic E-state index is 13.3. The highest BCUT2D eigenvalue weighted by Gasteiger charge is 2.25. The molecule has 3 nitrogen and oxygen atoms in total. The first kappa shape index (κ1) is 19.1. The van der Waals surface area contributed by atoms with Gasteiger partial charge in [0.1, 0.15) is 0 Å². The fourth-order valence-electron chi connectivity index (χ4n) is 2.63. The molecule has 1 aliphatic heterocycles. The lowest BCUT2D eigenvalue weighted by molar-refractivity contribution is 0.0686. The molecule has 124 valence electrons. The Labute approximate surface area is 140 Å². The maximum Gasteiger partial charge on any atom is 0.255 e. The molecule has 1 heterocycles. The second kappa shape index (κ2) is 8.65. The molecule has 1 saturated heterocycles. The lowest BCUT2D eigenvalue weighted by Gasteiger charge is -2.32. The van der Waals surface area contributed by atoms with Gasteiger partial charge in [-0.1, -0.05) is 11.6 Å². The summed E-state index contributed by atoms with van der Waals surface area (Å²) in [7, 11) is 1.92. The van der Waals surface area contributed by atoms with Gasteiger partial charge in [0.2, 0.25) is 0 Å². The third kappa shape index (κ3) is 4.54. The first-order valence-corrected chi connectivity index (χ1v) is 7.49. The molecule has 0 bridgehead atoms. The van der Waals surface area contributed by atoms with Crippen molar-refractivity contribution in [1.82, 2.24) is 10.2 Å². The van der Waals surface area contributed by atoms with E-state index in [9.17, 15) is 13.6 Å². The summed E-state index contributed by atoms with van der Waals surface area (Å²) < 4.78 is 26.3. The van der Waals surface area contributed by atoms with Gasteiger partial charge in [-0.3, -0.25) is 4.79 Å².